The van der Waals surface area contributed by atoms with Crippen LogP contribution in [0.2, 0.25) is 0 Å². The van der Waals surface area contributed by atoms with Gasteiger partial charge < -0.3 is 0 Å². The summed E-state index contributed by atoms with van der Waals surface area (Å²) in [7, 11) is 0. The van der Waals surface area contributed by atoms with Gasteiger partial charge in [0.05, 0.1) is 5.52 Å². The lowest BCUT2D eigenvalue weighted by Gasteiger charge is -2.03. The molecule has 0 bridgehead atoms. The topological polar surface area (TPSA) is 30.0 Å². The summed E-state index contributed by atoms with van der Waals surface area (Å²) in [5.74, 6) is 1.14. The average molecular weight is 215 g/mol. The smallest absolute Gasteiger partial charge is 0.150 e. The van der Waals surface area contributed by atoms with Gasteiger partial charge in [0.25, 0.3) is 0 Å². The highest BCUT2D eigenvalue weighted by Crippen LogP contribution is 2.34. The second kappa shape index (κ2) is 3.35. The summed E-state index contributed by atoms with van der Waals surface area (Å²) in [6.45, 7) is 0. The Balaban J connectivity index is 2.37. The molecule has 3 heteroatoms. The largest absolute Gasteiger partial charge is 0.298 e. The summed E-state index contributed by atoms with van der Waals surface area (Å²) >= 11 is 1.86. The van der Waals surface area contributed by atoms with Crippen molar-refractivity contribution in [1.29, 1.82) is 0 Å². The number of aldehydes is 1. The SMILES string of the molecule is O=Cc1ccnc2cc3c(cc12)SCC3. The Kier molecular flexibility index (Phi) is 1.99. The number of pyridine rings is 1. The third kappa shape index (κ3) is 1.35. The second-order valence-corrected chi connectivity index (χ2v) is 4.73. The van der Waals surface area contributed by atoms with E-state index in [0.29, 0.717) is 0 Å². The molecule has 0 saturated carbocycles. The third-order valence-electron chi connectivity index (χ3n) is 2.71. The fourth-order valence-electron chi connectivity index (χ4n) is 1.94. The number of nitrogens with zero attached hydrogens (tertiary/aromatic N) is 1. The first-order valence-electron chi connectivity index (χ1n) is 4.88. The number of aryl methyl sites for hydroxylation is 1. The van der Waals surface area contributed by atoms with Crippen LogP contribution in [0.25, 0.3) is 10.9 Å². The molecule has 3 rings (SSSR count). The minimum Gasteiger partial charge on any atom is -0.298 e. The maximum absolute atomic E-state index is 10.9. The van der Waals surface area contributed by atoms with Crippen molar-refractivity contribution in [3.8, 4) is 0 Å². The van der Waals surface area contributed by atoms with E-state index in [1.165, 1.54) is 10.5 Å². The molecule has 0 unspecified atom stereocenters. The van der Waals surface area contributed by atoms with E-state index in [2.05, 4.69) is 17.1 Å². The van der Waals surface area contributed by atoms with Crippen LogP contribution in [-0.4, -0.2) is 17.0 Å². The van der Waals surface area contributed by atoms with Crippen LogP contribution in [0.15, 0.2) is 29.3 Å². The number of rotatable bonds is 1. The molecule has 0 amide bonds. The van der Waals surface area contributed by atoms with Crippen LogP contribution < -0.4 is 0 Å². The molecule has 2 nitrogen and oxygen atoms in total. The maximum Gasteiger partial charge on any atom is 0.150 e. The molecular formula is C12H9NOS. The van der Waals surface area contributed by atoms with Gasteiger partial charge in [-0.1, -0.05) is 0 Å². The van der Waals surface area contributed by atoms with Crippen LogP contribution in [0, 0.1) is 0 Å². The van der Waals surface area contributed by atoms with E-state index in [-0.39, 0.29) is 0 Å². The molecule has 0 saturated heterocycles. The molecule has 0 N–H and O–H groups in total. The van der Waals surface area contributed by atoms with Gasteiger partial charge in [-0.05, 0) is 30.2 Å². The molecule has 0 atom stereocenters. The quantitative estimate of drug-likeness (QED) is 0.685. The molecule has 1 aliphatic heterocycles. The minimum absolute atomic E-state index is 0.732. The van der Waals surface area contributed by atoms with Gasteiger partial charge in [-0.3, -0.25) is 9.78 Å². The first kappa shape index (κ1) is 8.92. The van der Waals surface area contributed by atoms with Gasteiger partial charge in [-0.25, -0.2) is 0 Å². The summed E-state index contributed by atoms with van der Waals surface area (Å²) in [6, 6.07) is 5.97. The van der Waals surface area contributed by atoms with Crippen molar-refractivity contribution in [2.75, 3.05) is 5.75 Å². The van der Waals surface area contributed by atoms with E-state index in [1.807, 2.05) is 11.8 Å². The Morgan fingerprint density at radius 3 is 3.20 bits per heavy atom. The first-order chi connectivity index (χ1) is 7.38. The molecule has 0 spiro atoms. The molecule has 74 valence electrons. The second-order valence-electron chi connectivity index (χ2n) is 3.59. The van der Waals surface area contributed by atoms with E-state index in [1.54, 1.807) is 12.3 Å². The van der Waals surface area contributed by atoms with Crippen molar-refractivity contribution in [3.63, 3.8) is 0 Å². The van der Waals surface area contributed by atoms with Gasteiger partial charge in [-0.2, -0.15) is 0 Å². The highest BCUT2D eigenvalue weighted by molar-refractivity contribution is 7.99. The summed E-state index contributed by atoms with van der Waals surface area (Å²) in [5.41, 5.74) is 3.03. The molecule has 0 aliphatic carbocycles. The van der Waals surface area contributed by atoms with Gasteiger partial charge in [0.15, 0.2) is 6.29 Å². The first-order valence-corrected chi connectivity index (χ1v) is 5.86. The van der Waals surface area contributed by atoms with Crippen LogP contribution in [0.1, 0.15) is 15.9 Å². The number of hydrogen-bond acceptors (Lipinski definition) is 3. The summed E-state index contributed by atoms with van der Waals surface area (Å²) < 4.78 is 0. The third-order valence-corrected chi connectivity index (χ3v) is 3.81. The van der Waals surface area contributed by atoms with Crippen LogP contribution in [0.5, 0.6) is 0 Å². The number of benzene rings is 1. The molecule has 0 fully saturated rings. The number of carbonyl (C=O) groups excluding carboxylic acids is 1. The molecular weight excluding hydrogens is 206 g/mol. The average Bonchev–Trinajstić information content (AvgIpc) is 2.72. The minimum atomic E-state index is 0.732. The lowest BCUT2D eigenvalue weighted by Crippen LogP contribution is -1.89. The molecule has 1 aromatic carbocycles. The highest BCUT2D eigenvalue weighted by atomic mass is 32.2. The lowest BCUT2D eigenvalue weighted by atomic mass is 10.1. The zero-order valence-corrected chi connectivity index (χ0v) is 8.88. The Labute approximate surface area is 91.7 Å². The monoisotopic (exact) mass is 215 g/mol. The van der Waals surface area contributed by atoms with Crippen molar-refractivity contribution < 1.29 is 4.79 Å². The number of carbonyl (C=O) groups is 1. The van der Waals surface area contributed by atoms with E-state index in [4.69, 9.17) is 0 Å². The predicted molar refractivity (Wildman–Crippen MR) is 61.6 cm³/mol. The number of hydrogen-bond donors (Lipinski definition) is 0. The Bertz CT molecular complexity index is 551. The van der Waals surface area contributed by atoms with Gasteiger partial charge in [0.2, 0.25) is 0 Å². The normalized spacial score (nSPS) is 14.1. The van der Waals surface area contributed by atoms with Gasteiger partial charge in [0.1, 0.15) is 0 Å². The molecule has 2 aromatic rings. The van der Waals surface area contributed by atoms with Crippen molar-refractivity contribution in [2.24, 2.45) is 0 Å². The Hall–Kier alpha value is -1.35. The van der Waals surface area contributed by atoms with Gasteiger partial charge in [-0.15, -0.1) is 11.8 Å². The van der Waals surface area contributed by atoms with E-state index >= 15 is 0 Å². The molecule has 1 aromatic heterocycles. The van der Waals surface area contributed by atoms with Crippen LogP contribution in [-0.2, 0) is 6.42 Å². The van der Waals surface area contributed by atoms with Crippen molar-refractivity contribution >= 4 is 29.0 Å². The van der Waals surface area contributed by atoms with Crippen LogP contribution >= 0.6 is 11.8 Å². The van der Waals surface area contributed by atoms with Gasteiger partial charge >= 0.3 is 0 Å². The van der Waals surface area contributed by atoms with Gasteiger partial charge in [0, 0.05) is 27.8 Å². The van der Waals surface area contributed by atoms with Crippen molar-refractivity contribution in [1.82, 2.24) is 4.98 Å². The number of aromatic nitrogens is 1. The molecule has 15 heavy (non-hydrogen) atoms. The fraction of sp³-hybridized carbons (Fsp3) is 0.167. The van der Waals surface area contributed by atoms with E-state index in [0.717, 1.165) is 34.9 Å². The molecule has 1 aliphatic rings. The van der Waals surface area contributed by atoms with Crippen LogP contribution in [0.4, 0.5) is 0 Å². The zero-order chi connectivity index (χ0) is 10.3. The lowest BCUT2D eigenvalue weighted by molar-refractivity contribution is 0.112. The van der Waals surface area contributed by atoms with E-state index in [9.17, 15) is 4.79 Å². The summed E-state index contributed by atoms with van der Waals surface area (Å²) in [4.78, 5) is 16.5. The summed E-state index contributed by atoms with van der Waals surface area (Å²) in [6.07, 6.45) is 3.71. The fourth-order valence-corrected chi connectivity index (χ4v) is 3.03. The molecule has 0 radical (unpaired) electrons. The zero-order valence-electron chi connectivity index (χ0n) is 8.06. The predicted octanol–water partition coefficient (Wildman–Crippen LogP) is 2.70. The van der Waals surface area contributed by atoms with Crippen molar-refractivity contribution in [3.05, 3.63) is 35.5 Å². The van der Waals surface area contributed by atoms with Crippen LogP contribution in [0.3, 0.4) is 0 Å². The maximum atomic E-state index is 10.9. The molecule has 2 heterocycles. The van der Waals surface area contributed by atoms with Crippen molar-refractivity contribution in [2.45, 2.75) is 11.3 Å². The Morgan fingerprint density at radius 2 is 2.33 bits per heavy atom. The number of thioether (sulfide) groups is 1. The number of fused-ring (bicyclic) bond motifs is 2. The standard InChI is InChI=1S/C12H9NOS/c14-7-9-1-3-13-11-5-8-2-4-15-12(8)6-10(9)11/h1,3,5-7H,2,4H2. The highest BCUT2D eigenvalue weighted by Gasteiger charge is 2.13. The Morgan fingerprint density at radius 1 is 1.40 bits per heavy atom. The summed E-state index contributed by atoms with van der Waals surface area (Å²) in [5, 5.41) is 0.973. The van der Waals surface area contributed by atoms with E-state index < -0.39 is 0 Å².